The highest BCUT2D eigenvalue weighted by molar-refractivity contribution is 5.89. The topological polar surface area (TPSA) is 124 Å². The fourth-order valence-electron chi connectivity index (χ4n) is 4.37. The Bertz CT molecular complexity index is 1790. The number of hydrogen-bond donors (Lipinski definition) is 0. The van der Waals surface area contributed by atoms with Crippen LogP contribution < -0.4 is 18.9 Å². The average Bonchev–Trinajstić information content (AvgIpc) is 3.15. The standard InChI is InChI=1S/C43H40O10/c1-30(2)42(46)49-27-5-6-32-7-9-33(10-8-32)13-25-40(44)52-38-21-17-36(18-22-38)51-37-19-23-39(24-20-37)53-41(45)26-14-34-11-15-35(16-12-34)48-28-29-50-43(47)31(3)4/h7-26H,1,3,5-6,27-29H2,2,4H3. The van der Waals surface area contributed by atoms with E-state index in [1.807, 2.05) is 24.3 Å². The summed E-state index contributed by atoms with van der Waals surface area (Å²) < 4.78 is 32.3. The van der Waals surface area contributed by atoms with E-state index in [4.69, 9.17) is 28.4 Å². The molecule has 4 aromatic carbocycles. The molecule has 0 aliphatic rings. The van der Waals surface area contributed by atoms with E-state index in [9.17, 15) is 19.2 Å². The minimum Gasteiger partial charge on any atom is -0.490 e. The van der Waals surface area contributed by atoms with Crippen LogP contribution in [0.3, 0.4) is 0 Å². The molecule has 0 radical (unpaired) electrons. The third-order valence-corrected chi connectivity index (χ3v) is 7.13. The Morgan fingerprint density at radius 3 is 1.42 bits per heavy atom. The first-order valence-corrected chi connectivity index (χ1v) is 16.7. The van der Waals surface area contributed by atoms with Crippen molar-refractivity contribution in [2.45, 2.75) is 26.7 Å². The van der Waals surface area contributed by atoms with Gasteiger partial charge in [-0.3, -0.25) is 0 Å². The molecule has 4 aromatic rings. The van der Waals surface area contributed by atoms with Crippen LogP contribution in [0.15, 0.2) is 134 Å². The van der Waals surface area contributed by atoms with Crippen molar-refractivity contribution in [2.24, 2.45) is 0 Å². The molecule has 0 atom stereocenters. The quantitative estimate of drug-likeness (QED) is 0.0430. The summed E-state index contributed by atoms with van der Waals surface area (Å²) in [5.74, 6) is 0.397. The van der Waals surface area contributed by atoms with Crippen LogP contribution in [-0.2, 0) is 35.1 Å². The predicted molar refractivity (Wildman–Crippen MR) is 201 cm³/mol. The van der Waals surface area contributed by atoms with Crippen molar-refractivity contribution < 1.29 is 47.6 Å². The lowest BCUT2D eigenvalue weighted by molar-refractivity contribution is -0.140. The van der Waals surface area contributed by atoms with Gasteiger partial charge >= 0.3 is 23.9 Å². The molecule has 0 spiro atoms. The third kappa shape index (κ3) is 14.2. The Balaban J connectivity index is 1.15. The van der Waals surface area contributed by atoms with Crippen molar-refractivity contribution >= 4 is 36.0 Å². The summed E-state index contributed by atoms with van der Waals surface area (Å²) in [6, 6.07) is 27.9. The molecule has 0 amide bonds. The summed E-state index contributed by atoms with van der Waals surface area (Å²) in [6.45, 7) is 10.9. The molecule has 272 valence electrons. The molecule has 0 saturated carbocycles. The summed E-state index contributed by atoms with van der Waals surface area (Å²) in [5.41, 5.74) is 3.40. The summed E-state index contributed by atoms with van der Waals surface area (Å²) in [6.07, 6.45) is 7.41. The Labute approximate surface area is 308 Å². The first-order valence-electron chi connectivity index (χ1n) is 16.7. The number of aryl methyl sites for hydroxylation is 1. The summed E-state index contributed by atoms with van der Waals surface area (Å²) in [4.78, 5) is 47.5. The highest BCUT2D eigenvalue weighted by Gasteiger charge is 2.07. The molecule has 10 heteroatoms. The normalized spacial score (nSPS) is 10.8. The Morgan fingerprint density at radius 2 is 0.943 bits per heavy atom. The summed E-state index contributed by atoms with van der Waals surface area (Å²) >= 11 is 0. The van der Waals surface area contributed by atoms with Gasteiger partial charge in [-0.25, -0.2) is 19.2 Å². The van der Waals surface area contributed by atoms with Crippen LogP contribution in [0.25, 0.3) is 12.2 Å². The summed E-state index contributed by atoms with van der Waals surface area (Å²) in [5, 5.41) is 0. The third-order valence-electron chi connectivity index (χ3n) is 7.13. The molecule has 0 aliphatic carbocycles. The molecule has 53 heavy (non-hydrogen) atoms. The zero-order chi connectivity index (χ0) is 38.0. The minimum absolute atomic E-state index is 0.109. The average molecular weight is 717 g/mol. The monoisotopic (exact) mass is 716 g/mol. The zero-order valence-corrected chi connectivity index (χ0v) is 29.6. The van der Waals surface area contributed by atoms with Gasteiger partial charge < -0.3 is 28.4 Å². The second kappa shape index (κ2) is 20.2. The van der Waals surface area contributed by atoms with E-state index in [1.165, 1.54) is 12.2 Å². The molecule has 0 bridgehead atoms. The molecule has 10 nitrogen and oxygen atoms in total. The molecular formula is C43H40O10. The number of ether oxygens (including phenoxy) is 6. The fraction of sp³-hybridized carbons (Fsp3) is 0.163. The van der Waals surface area contributed by atoms with Crippen LogP contribution in [0.2, 0.25) is 0 Å². The van der Waals surface area contributed by atoms with Gasteiger partial charge in [-0.1, -0.05) is 49.6 Å². The van der Waals surface area contributed by atoms with Crippen molar-refractivity contribution in [3.8, 4) is 28.7 Å². The van der Waals surface area contributed by atoms with Crippen molar-refractivity contribution in [2.75, 3.05) is 19.8 Å². The van der Waals surface area contributed by atoms with Crippen LogP contribution >= 0.6 is 0 Å². The molecular weight excluding hydrogens is 676 g/mol. The fourth-order valence-corrected chi connectivity index (χ4v) is 4.37. The predicted octanol–water partition coefficient (Wildman–Crippen LogP) is 8.27. The van der Waals surface area contributed by atoms with Gasteiger partial charge in [-0.2, -0.15) is 0 Å². The van der Waals surface area contributed by atoms with Gasteiger partial charge in [-0.15, -0.1) is 0 Å². The van der Waals surface area contributed by atoms with Crippen molar-refractivity contribution in [3.05, 3.63) is 150 Å². The molecule has 0 N–H and O–H groups in total. The van der Waals surface area contributed by atoms with E-state index in [-0.39, 0.29) is 19.2 Å². The van der Waals surface area contributed by atoms with Gasteiger partial charge in [0.25, 0.3) is 0 Å². The maximum atomic E-state index is 12.4. The summed E-state index contributed by atoms with van der Waals surface area (Å²) in [7, 11) is 0. The van der Waals surface area contributed by atoms with Gasteiger partial charge in [-0.05, 0) is 116 Å². The lowest BCUT2D eigenvalue weighted by Crippen LogP contribution is -2.12. The maximum absolute atomic E-state index is 12.4. The van der Waals surface area contributed by atoms with Crippen molar-refractivity contribution in [3.63, 3.8) is 0 Å². The number of carbonyl (C=O) groups is 4. The van der Waals surface area contributed by atoms with Crippen LogP contribution in [0.4, 0.5) is 0 Å². The largest absolute Gasteiger partial charge is 0.490 e. The maximum Gasteiger partial charge on any atom is 0.336 e. The molecule has 0 fully saturated rings. The van der Waals surface area contributed by atoms with E-state index in [2.05, 4.69) is 13.2 Å². The van der Waals surface area contributed by atoms with Crippen LogP contribution in [0.5, 0.6) is 28.7 Å². The van der Waals surface area contributed by atoms with Crippen molar-refractivity contribution in [1.29, 1.82) is 0 Å². The lowest BCUT2D eigenvalue weighted by atomic mass is 10.1. The van der Waals surface area contributed by atoms with Gasteiger partial charge in [0.05, 0.1) is 6.61 Å². The molecule has 0 saturated heterocycles. The van der Waals surface area contributed by atoms with Crippen LogP contribution in [0, 0.1) is 0 Å². The number of hydrogen-bond acceptors (Lipinski definition) is 10. The Kier molecular flexibility index (Phi) is 14.9. The van der Waals surface area contributed by atoms with Gasteiger partial charge in [0, 0.05) is 23.3 Å². The molecule has 0 aromatic heterocycles. The molecule has 0 aliphatic heterocycles. The highest BCUT2D eigenvalue weighted by atomic mass is 16.6. The smallest absolute Gasteiger partial charge is 0.336 e. The minimum atomic E-state index is -0.552. The first kappa shape index (κ1) is 39.1. The van der Waals surface area contributed by atoms with E-state index in [0.717, 1.165) is 23.1 Å². The lowest BCUT2D eigenvalue weighted by Gasteiger charge is -2.08. The molecule has 4 rings (SSSR count). The molecule has 0 unspecified atom stereocenters. The second-order valence-corrected chi connectivity index (χ2v) is 11.6. The van der Waals surface area contributed by atoms with Crippen LogP contribution in [0.1, 0.15) is 37.0 Å². The van der Waals surface area contributed by atoms with E-state index in [0.29, 0.717) is 52.9 Å². The number of benzene rings is 4. The second-order valence-electron chi connectivity index (χ2n) is 11.6. The Hall–Kier alpha value is -6.68. The van der Waals surface area contributed by atoms with E-state index in [1.54, 1.807) is 98.8 Å². The zero-order valence-electron chi connectivity index (χ0n) is 29.6. The molecule has 0 heterocycles. The van der Waals surface area contributed by atoms with Crippen molar-refractivity contribution in [1.82, 2.24) is 0 Å². The SMILES string of the molecule is C=C(C)C(=O)OCCCc1ccc(C=CC(=O)Oc2ccc(Oc3ccc(OC(=O)C=Cc4ccc(OCCOC(=O)C(=C)C)cc4)cc3)cc2)cc1. The first-order chi connectivity index (χ1) is 25.5. The van der Waals surface area contributed by atoms with Gasteiger partial charge in [0.1, 0.15) is 42.0 Å². The van der Waals surface area contributed by atoms with E-state index >= 15 is 0 Å². The number of carbonyl (C=O) groups excluding carboxylic acids is 4. The highest BCUT2D eigenvalue weighted by Crippen LogP contribution is 2.26. The van der Waals surface area contributed by atoms with Gasteiger partial charge in [0.15, 0.2) is 0 Å². The van der Waals surface area contributed by atoms with Gasteiger partial charge in [0.2, 0.25) is 0 Å². The Morgan fingerprint density at radius 1 is 0.528 bits per heavy atom. The van der Waals surface area contributed by atoms with E-state index < -0.39 is 17.9 Å². The van der Waals surface area contributed by atoms with Crippen LogP contribution in [-0.4, -0.2) is 43.7 Å². The number of rotatable bonds is 18. The number of esters is 4.